The van der Waals surface area contributed by atoms with Gasteiger partial charge in [-0.3, -0.25) is 23.8 Å². The zero-order chi connectivity index (χ0) is 38.1. The molecular weight excluding hydrogens is 759 g/mol. The van der Waals surface area contributed by atoms with E-state index in [1.807, 2.05) is 0 Å². The zero-order valence-corrected chi connectivity index (χ0v) is 31.6. The molecule has 0 amide bonds. The summed E-state index contributed by atoms with van der Waals surface area (Å²) in [5, 5.41) is 0.444. The standard InChI is InChI=1S/C36H41Cl2F2N3O9S/c1-48-31-8-5-24(17-29(31)43(53(2,46)47)12-11-42-13-15-49-16-14-42)30(44)7-10-35(45)51-33(19-26-27(37)20-41-21-28(26)38)25-6-9-32(52-36(39)40)34(18-25)50-22-23-3-4-23/h5-6,8-9,17-18,20-21,23,33,36H,3-4,7,10-16,19,22H2,1-2H3/t33-/m0/s1. The van der Waals surface area contributed by atoms with Gasteiger partial charge in [-0.05, 0) is 60.2 Å². The lowest BCUT2D eigenvalue weighted by Crippen LogP contribution is -2.43. The van der Waals surface area contributed by atoms with Crippen LogP contribution in [0.1, 0.15) is 53.3 Å². The fourth-order valence-corrected chi connectivity index (χ4v) is 7.16. The number of nitrogens with zero attached hydrogens (tertiary/aromatic N) is 3. The number of hydrogen-bond donors (Lipinski definition) is 0. The third-order valence-electron chi connectivity index (χ3n) is 8.79. The van der Waals surface area contributed by atoms with Gasteiger partial charge in [-0.2, -0.15) is 8.78 Å². The van der Waals surface area contributed by atoms with Gasteiger partial charge in [0, 0.05) is 57.0 Å². The van der Waals surface area contributed by atoms with Crippen LogP contribution in [0.25, 0.3) is 0 Å². The number of aromatic nitrogens is 1. The first-order valence-corrected chi connectivity index (χ1v) is 19.6. The molecule has 0 bridgehead atoms. The number of carbonyl (C=O) groups is 2. The van der Waals surface area contributed by atoms with Gasteiger partial charge in [0.2, 0.25) is 10.0 Å². The summed E-state index contributed by atoms with van der Waals surface area (Å²) in [6.07, 6.45) is 4.15. The number of anilines is 1. The molecule has 0 spiro atoms. The van der Waals surface area contributed by atoms with E-state index in [-0.39, 0.29) is 64.4 Å². The second-order valence-electron chi connectivity index (χ2n) is 12.7. The van der Waals surface area contributed by atoms with Crippen LogP contribution in [0.5, 0.6) is 17.2 Å². The summed E-state index contributed by atoms with van der Waals surface area (Å²) in [4.78, 5) is 32.9. The minimum atomic E-state index is -3.78. The number of ether oxygens (including phenoxy) is 5. The Hall–Kier alpha value is -3.76. The van der Waals surface area contributed by atoms with Gasteiger partial charge < -0.3 is 23.7 Å². The summed E-state index contributed by atoms with van der Waals surface area (Å²) in [7, 11) is -2.37. The van der Waals surface area contributed by atoms with Gasteiger partial charge in [0.15, 0.2) is 17.3 Å². The molecule has 1 saturated heterocycles. The molecule has 2 heterocycles. The first kappa shape index (κ1) is 40.4. The van der Waals surface area contributed by atoms with Gasteiger partial charge >= 0.3 is 12.6 Å². The van der Waals surface area contributed by atoms with Gasteiger partial charge in [0.25, 0.3) is 0 Å². The molecule has 53 heavy (non-hydrogen) atoms. The Morgan fingerprint density at radius 3 is 2.36 bits per heavy atom. The molecule has 1 saturated carbocycles. The van der Waals surface area contributed by atoms with Gasteiger partial charge in [-0.15, -0.1) is 0 Å². The van der Waals surface area contributed by atoms with Crippen LogP contribution < -0.4 is 18.5 Å². The Morgan fingerprint density at radius 1 is 1.02 bits per heavy atom. The SMILES string of the molecule is COc1ccc(C(=O)CCC(=O)O[C@@H](Cc2c(Cl)cncc2Cl)c2ccc(OC(F)F)c(OCC3CC3)c2)cc1N(CCN1CCOCC1)S(C)(=O)=O. The molecule has 17 heteroatoms. The van der Waals surface area contributed by atoms with Crippen molar-refractivity contribution in [1.82, 2.24) is 9.88 Å². The number of carbonyl (C=O) groups excluding carboxylic acids is 2. The van der Waals surface area contributed by atoms with Crippen molar-refractivity contribution in [3.05, 3.63) is 75.5 Å². The smallest absolute Gasteiger partial charge is 0.387 e. The van der Waals surface area contributed by atoms with E-state index in [2.05, 4.69) is 14.6 Å². The predicted molar refractivity (Wildman–Crippen MR) is 194 cm³/mol. The molecule has 288 valence electrons. The summed E-state index contributed by atoms with van der Waals surface area (Å²) in [5.41, 5.74) is 1.19. The molecule has 2 aromatic carbocycles. The Labute approximate surface area is 317 Å². The molecule has 3 aromatic rings. The quantitative estimate of drug-likeness (QED) is 0.0989. The number of morpholine rings is 1. The number of methoxy groups -OCH3 is 1. The molecule has 1 aliphatic heterocycles. The van der Waals surface area contributed by atoms with Crippen LogP contribution in [0.15, 0.2) is 48.8 Å². The number of ketones is 1. The van der Waals surface area contributed by atoms with Gasteiger partial charge in [-0.25, -0.2) is 8.42 Å². The molecule has 0 N–H and O–H groups in total. The maximum atomic E-state index is 13.4. The normalized spacial score (nSPS) is 15.5. The molecule has 1 atom stereocenters. The third kappa shape index (κ3) is 11.6. The number of hydrogen-bond acceptors (Lipinski definition) is 11. The molecule has 0 unspecified atom stereocenters. The largest absolute Gasteiger partial charge is 0.495 e. The number of sulfonamides is 1. The second-order valence-corrected chi connectivity index (χ2v) is 15.4. The van der Waals surface area contributed by atoms with E-state index < -0.39 is 34.5 Å². The second kappa shape index (κ2) is 18.5. The highest BCUT2D eigenvalue weighted by atomic mass is 35.5. The lowest BCUT2D eigenvalue weighted by molar-refractivity contribution is -0.149. The molecule has 2 aliphatic rings. The number of Topliss-reactive ketones (excluding diaryl/α,β-unsaturated/α-hetero) is 1. The van der Waals surface area contributed by atoms with Gasteiger partial charge in [0.05, 0.1) is 55.3 Å². The molecule has 12 nitrogen and oxygen atoms in total. The van der Waals surface area contributed by atoms with Gasteiger partial charge in [0.1, 0.15) is 11.9 Å². The number of halogens is 4. The van der Waals surface area contributed by atoms with E-state index in [4.69, 9.17) is 42.1 Å². The topological polar surface area (TPSA) is 134 Å². The maximum absolute atomic E-state index is 13.4. The molecular formula is C36H41Cl2F2N3O9S. The van der Waals surface area contributed by atoms with Crippen molar-refractivity contribution in [2.75, 3.05) is 63.7 Å². The number of alkyl halides is 2. The van der Waals surface area contributed by atoms with Crippen LogP contribution in [-0.2, 0) is 30.7 Å². The Kier molecular flexibility index (Phi) is 14.1. The van der Waals surface area contributed by atoms with Crippen LogP contribution >= 0.6 is 23.2 Å². The molecule has 1 aromatic heterocycles. The molecule has 0 radical (unpaired) electrons. The van der Waals surface area contributed by atoms with E-state index in [1.165, 1.54) is 60.2 Å². The zero-order valence-electron chi connectivity index (χ0n) is 29.3. The minimum absolute atomic E-state index is 0.00932. The molecule has 1 aliphatic carbocycles. The van der Waals surface area contributed by atoms with E-state index in [1.54, 1.807) is 0 Å². The van der Waals surface area contributed by atoms with Crippen LogP contribution in [0.3, 0.4) is 0 Å². The predicted octanol–water partition coefficient (Wildman–Crippen LogP) is 6.38. The fourth-order valence-electron chi connectivity index (χ4n) is 5.73. The average molecular weight is 801 g/mol. The van der Waals surface area contributed by atoms with E-state index >= 15 is 0 Å². The van der Waals surface area contributed by atoms with Crippen molar-refractivity contribution in [2.24, 2.45) is 5.92 Å². The Bertz CT molecular complexity index is 1840. The first-order chi connectivity index (χ1) is 25.3. The Morgan fingerprint density at radius 2 is 1.72 bits per heavy atom. The molecule has 5 rings (SSSR count). The highest BCUT2D eigenvalue weighted by molar-refractivity contribution is 7.92. The minimum Gasteiger partial charge on any atom is -0.495 e. The van der Waals surface area contributed by atoms with E-state index in [0.717, 1.165) is 19.1 Å². The number of rotatable bonds is 19. The highest BCUT2D eigenvalue weighted by Crippen LogP contribution is 2.38. The average Bonchev–Trinajstić information content (AvgIpc) is 3.96. The van der Waals surface area contributed by atoms with Crippen LogP contribution in [0, 0.1) is 5.92 Å². The van der Waals surface area contributed by atoms with Crippen molar-refractivity contribution < 1.29 is 50.5 Å². The number of esters is 1. The van der Waals surface area contributed by atoms with E-state index in [9.17, 15) is 26.8 Å². The van der Waals surface area contributed by atoms with Crippen molar-refractivity contribution in [1.29, 1.82) is 0 Å². The lowest BCUT2D eigenvalue weighted by atomic mass is 10.0. The summed E-state index contributed by atoms with van der Waals surface area (Å²) >= 11 is 12.8. The van der Waals surface area contributed by atoms with Crippen LogP contribution in [0.2, 0.25) is 10.0 Å². The highest BCUT2D eigenvalue weighted by Gasteiger charge is 2.27. The van der Waals surface area contributed by atoms with Crippen molar-refractivity contribution in [3.8, 4) is 17.2 Å². The van der Waals surface area contributed by atoms with Crippen molar-refractivity contribution >= 4 is 50.7 Å². The third-order valence-corrected chi connectivity index (χ3v) is 10.6. The first-order valence-electron chi connectivity index (χ1n) is 17.0. The van der Waals surface area contributed by atoms with Crippen LogP contribution in [0.4, 0.5) is 14.5 Å². The van der Waals surface area contributed by atoms with Crippen molar-refractivity contribution in [2.45, 2.75) is 44.8 Å². The number of pyridine rings is 1. The summed E-state index contributed by atoms with van der Waals surface area (Å²) < 4.78 is 80.7. The monoisotopic (exact) mass is 799 g/mol. The Balaban J connectivity index is 1.33. The van der Waals surface area contributed by atoms with Gasteiger partial charge in [-0.1, -0.05) is 29.3 Å². The van der Waals surface area contributed by atoms with Crippen LogP contribution in [-0.4, -0.2) is 96.0 Å². The summed E-state index contributed by atoms with van der Waals surface area (Å²) in [6.45, 7) is 0.224. The maximum Gasteiger partial charge on any atom is 0.387 e. The van der Waals surface area contributed by atoms with Crippen molar-refractivity contribution in [3.63, 3.8) is 0 Å². The lowest BCUT2D eigenvalue weighted by Gasteiger charge is -2.30. The molecule has 2 fully saturated rings. The summed E-state index contributed by atoms with van der Waals surface area (Å²) in [6, 6.07) is 8.70. The van der Waals surface area contributed by atoms with E-state index in [0.29, 0.717) is 56.5 Å². The number of benzene rings is 2. The fraction of sp³-hybridized carbons (Fsp3) is 0.472. The summed E-state index contributed by atoms with van der Waals surface area (Å²) in [5.74, 6) is -0.723.